The average Bonchev–Trinajstić information content (AvgIpc) is 2.34. The number of hydrogen-bond acceptors (Lipinski definition) is 3. The smallest absolute Gasteiger partial charge is 0.410 e. The number of nitrogens with zero attached hydrogens (tertiary/aromatic N) is 1. The molecular weight excluding hydrogens is 258 g/mol. The Balaban J connectivity index is 2.94. The van der Waals surface area contributed by atoms with E-state index in [9.17, 15) is 9.59 Å². The molecule has 1 rings (SSSR count). The molecule has 5 heteroatoms. The normalized spacial score (nSPS) is 12.6. The number of carboxylic acids is 1. The van der Waals surface area contributed by atoms with Gasteiger partial charge in [0, 0.05) is 7.05 Å². The Labute approximate surface area is 119 Å². The highest BCUT2D eigenvalue weighted by atomic mass is 16.6. The van der Waals surface area contributed by atoms with Gasteiger partial charge < -0.3 is 14.7 Å². The lowest BCUT2D eigenvalue weighted by Gasteiger charge is -2.30. The van der Waals surface area contributed by atoms with Gasteiger partial charge in [-0.2, -0.15) is 0 Å². The van der Waals surface area contributed by atoms with Crippen LogP contribution >= 0.6 is 0 Å². The van der Waals surface area contributed by atoms with Crippen molar-refractivity contribution < 1.29 is 19.4 Å². The Bertz CT molecular complexity index is 465. The zero-order valence-electron chi connectivity index (χ0n) is 12.3. The Morgan fingerprint density at radius 3 is 2.25 bits per heavy atom. The summed E-state index contributed by atoms with van der Waals surface area (Å²) in [4.78, 5) is 24.4. The first-order chi connectivity index (χ1) is 9.20. The second-order valence-corrected chi connectivity index (χ2v) is 5.62. The van der Waals surface area contributed by atoms with Crippen molar-refractivity contribution in [3.63, 3.8) is 0 Å². The molecule has 110 valence electrons. The summed E-state index contributed by atoms with van der Waals surface area (Å²) in [7, 11) is 1.55. The van der Waals surface area contributed by atoms with Gasteiger partial charge in [0.2, 0.25) is 0 Å². The molecule has 5 nitrogen and oxygen atoms in total. The number of hydrogen-bond donors (Lipinski definition) is 1. The fourth-order valence-electron chi connectivity index (χ4n) is 1.78. The van der Waals surface area contributed by atoms with Crippen molar-refractivity contribution in [2.45, 2.75) is 38.8 Å². The van der Waals surface area contributed by atoms with Gasteiger partial charge in [0.05, 0.1) is 12.5 Å². The Kier molecular flexibility index (Phi) is 5.13. The van der Waals surface area contributed by atoms with E-state index in [-0.39, 0.29) is 6.42 Å². The molecule has 0 aliphatic rings. The van der Waals surface area contributed by atoms with Gasteiger partial charge in [-0.05, 0) is 26.3 Å². The molecule has 0 fully saturated rings. The molecule has 1 aromatic carbocycles. The first-order valence-corrected chi connectivity index (χ1v) is 6.43. The maximum Gasteiger partial charge on any atom is 0.410 e. The lowest BCUT2D eigenvalue weighted by molar-refractivity contribution is -0.138. The maximum atomic E-state index is 12.1. The fourth-order valence-corrected chi connectivity index (χ4v) is 1.78. The van der Waals surface area contributed by atoms with E-state index in [2.05, 4.69) is 0 Å². The van der Waals surface area contributed by atoms with E-state index in [1.807, 2.05) is 18.2 Å². The molecule has 20 heavy (non-hydrogen) atoms. The number of amides is 1. The zero-order valence-corrected chi connectivity index (χ0v) is 12.3. The molecule has 0 heterocycles. The van der Waals surface area contributed by atoms with E-state index in [1.165, 1.54) is 4.90 Å². The summed E-state index contributed by atoms with van der Waals surface area (Å²) in [6.45, 7) is 5.31. The van der Waals surface area contributed by atoms with E-state index in [1.54, 1.807) is 40.0 Å². The molecular formula is C15H21NO4. The SMILES string of the molecule is CN(C(=O)OC(C)(C)C)[C@@H](CC(=O)O)c1ccccc1. The molecule has 0 aromatic heterocycles. The van der Waals surface area contributed by atoms with Gasteiger partial charge in [-0.15, -0.1) is 0 Å². The first-order valence-electron chi connectivity index (χ1n) is 6.43. The van der Waals surface area contributed by atoms with E-state index in [0.717, 1.165) is 5.56 Å². The number of ether oxygens (including phenoxy) is 1. The number of benzene rings is 1. The topological polar surface area (TPSA) is 66.8 Å². The largest absolute Gasteiger partial charge is 0.481 e. The van der Waals surface area contributed by atoms with Crippen molar-refractivity contribution in [3.8, 4) is 0 Å². The van der Waals surface area contributed by atoms with Gasteiger partial charge in [0.15, 0.2) is 0 Å². The van der Waals surface area contributed by atoms with Crippen LogP contribution in [-0.4, -0.2) is 34.7 Å². The molecule has 0 unspecified atom stereocenters. The third kappa shape index (κ3) is 4.91. The summed E-state index contributed by atoms with van der Waals surface area (Å²) in [5.41, 5.74) is 0.152. The molecule has 0 bridgehead atoms. The Hall–Kier alpha value is -2.04. The standard InChI is InChI=1S/C15H21NO4/c1-15(2,3)20-14(19)16(4)12(10-13(17)18)11-8-6-5-7-9-11/h5-9,12H,10H2,1-4H3,(H,17,18)/t12-/m0/s1. The molecule has 0 radical (unpaired) electrons. The van der Waals surface area contributed by atoms with E-state index < -0.39 is 23.7 Å². The first kappa shape index (κ1) is 16.0. The number of aliphatic carboxylic acids is 1. The van der Waals surface area contributed by atoms with E-state index in [4.69, 9.17) is 9.84 Å². The summed E-state index contributed by atoms with van der Waals surface area (Å²) in [6, 6.07) is 8.52. The number of rotatable bonds is 4. The van der Waals surface area contributed by atoms with Crippen molar-refractivity contribution in [2.24, 2.45) is 0 Å². The van der Waals surface area contributed by atoms with Crippen molar-refractivity contribution in [1.82, 2.24) is 4.90 Å². The molecule has 0 saturated carbocycles. The van der Waals surface area contributed by atoms with Crippen LogP contribution < -0.4 is 0 Å². The third-order valence-electron chi connectivity index (χ3n) is 2.70. The summed E-state index contributed by atoms with van der Waals surface area (Å²) in [5, 5.41) is 9.03. The van der Waals surface area contributed by atoms with Crippen LogP contribution in [-0.2, 0) is 9.53 Å². The summed E-state index contributed by atoms with van der Waals surface area (Å²) in [5.74, 6) is -0.964. The van der Waals surface area contributed by atoms with E-state index >= 15 is 0 Å². The molecule has 0 saturated heterocycles. The highest BCUT2D eigenvalue weighted by molar-refractivity contribution is 5.72. The number of carboxylic acid groups (broad SMARTS) is 1. The summed E-state index contributed by atoms with van der Waals surface area (Å²) >= 11 is 0. The van der Waals surface area contributed by atoms with Gasteiger partial charge >= 0.3 is 12.1 Å². The minimum atomic E-state index is -0.964. The lowest BCUT2D eigenvalue weighted by Crippen LogP contribution is -2.37. The van der Waals surface area contributed by atoms with Crippen LogP contribution in [0.1, 0.15) is 38.8 Å². The second-order valence-electron chi connectivity index (χ2n) is 5.62. The molecule has 1 amide bonds. The Morgan fingerprint density at radius 2 is 1.80 bits per heavy atom. The van der Waals surface area contributed by atoms with Gasteiger partial charge in [-0.1, -0.05) is 30.3 Å². The highest BCUT2D eigenvalue weighted by Gasteiger charge is 2.27. The van der Waals surface area contributed by atoms with Gasteiger partial charge in [-0.3, -0.25) is 4.79 Å². The van der Waals surface area contributed by atoms with Crippen LogP contribution in [0.25, 0.3) is 0 Å². The number of carbonyl (C=O) groups is 2. The molecule has 1 N–H and O–H groups in total. The van der Waals surface area contributed by atoms with Gasteiger partial charge in [0.25, 0.3) is 0 Å². The van der Waals surface area contributed by atoms with Crippen LogP contribution in [0.4, 0.5) is 4.79 Å². The predicted octanol–water partition coefficient (Wildman–Crippen LogP) is 3.07. The molecule has 0 aliphatic carbocycles. The second kappa shape index (κ2) is 6.41. The summed E-state index contributed by atoms with van der Waals surface area (Å²) in [6.07, 6.45) is -0.702. The maximum absolute atomic E-state index is 12.1. The number of carbonyl (C=O) groups excluding carboxylic acids is 1. The molecule has 0 aliphatic heterocycles. The van der Waals surface area contributed by atoms with E-state index in [0.29, 0.717) is 0 Å². The van der Waals surface area contributed by atoms with Gasteiger partial charge in [-0.25, -0.2) is 4.79 Å². The van der Waals surface area contributed by atoms with Crippen LogP contribution in [0.2, 0.25) is 0 Å². The minimum absolute atomic E-state index is 0.167. The van der Waals surface area contributed by atoms with Gasteiger partial charge in [0.1, 0.15) is 5.60 Å². The Morgan fingerprint density at radius 1 is 1.25 bits per heavy atom. The van der Waals surface area contributed by atoms with Crippen LogP contribution in [0.3, 0.4) is 0 Å². The predicted molar refractivity (Wildman–Crippen MR) is 75.4 cm³/mol. The monoisotopic (exact) mass is 279 g/mol. The molecule has 1 atom stereocenters. The van der Waals surface area contributed by atoms with Crippen molar-refractivity contribution in [2.75, 3.05) is 7.05 Å². The van der Waals surface area contributed by atoms with Crippen molar-refractivity contribution in [3.05, 3.63) is 35.9 Å². The van der Waals surface area contributed by atoms with Crippen molar-refractivity contribution >= 4 is 12.1 Å². The highest BCUT2D eigenvalue weighted by Crippen LogP contribution is 2.24. The zero-order chi connectivity index (χ0) is 15.3. The fraction of sp³-hybridized carbons (Fsp3) is 0.467. The van der Waals surface area contributed by atoms with Crippen molar-refractivity contribution in [1.29, 1.82) is 0 Å². The lowest BCUT2D eigenvalue weighted by atomic mass is 10.0. The van der Waals surface area contributed by atoms with Crippen LogP contribution in [0, 0.1) is 0 Å². The van der Waals surface area contributed by atoms with Crippen LogP contribution in [0.5, 0.6) is 0 Å². The third-order valence-corrected chi connectivity index (χ3v) is 2.70. The average molecular weight is 279 g/mol. The quantitative estimate of drug-likeness (QED) is 0.919. The van der Waals surface area contributed by atoms with Crippen LogP contribution in [0.15, 0.2) is 30.3 Å². The summed E-state index contributed by atoms with van der Waals surface area (Å²) < 4.78 is 5.28. The molecule has 1 aromatic rings. The minimum Gasteiger partial charge on any atom is -0.481 e. The molecule has 0 spiro atoms.